The molecule has 4 aromatic rings. The summed E-state index contributed by atoms with van der Waals surface area (Å²) in [6.07, 6.45) is 8.71. The van der Waals surface area contributed by atoms with E-state index in [0.717, 1.165) is 28.1 Å². The molecule has 1 aliphatic heterocycles. The first-order valence-corrected chi connectivity index (χ1v) is 8.72. The molecule has 0 saturated carbocycles. The number of fused-ring (bicyclic) bond motifs is 1. The molecule has 0 bridgehead atoms. The smallest absolute Gasteiger partial charge is 0.237 e. The maximum absolute atomic E-state index is 5.56. The summed E-state index contributed by atoms with van der Waals surface area (Å²) in [5.41, 5.74) is 3.42. The molecule has 0 unspecified atom stereocenters. The van der Waals surface area contributed by atoms with Crippen LogP contribution in [0, 0.1) is 0 Å². The number of nitrogens with one attached hydrogen (secondary N) is 1. The number of rotatable bonds is 4. The number of anilines is 1. The number of halogens is 2. The van der Waals surface area contributed by atoms with E-state index in [4.69, 9.17) is 14.5 Å². The van der Waals surface area contributed by atoms with Crippen molar-refractivity contribution in [3.63, 3.8) is 0 Å². The van der Waals surface area contributed by atoms with Crippen LogP contribution < -0.4 is 14.8 Å². The molecule has 0 atom stereocenters. The first-order chi connectivity index (χ1) is 13.8. The number of ether oxygens (including phenoxy) is 2. The van der Waals surface area contributed by atoms with Crippen molar-refractivity contribution in [3.8, 4) is 39.8 Å². The molecule has 0 fully saturated rings. The van der Waals surface area contributed by atoms with Crippen molar-refractivity contribution in [2.75, 3.05) is 19.2 Å². The second-order valence-electron chi connectivity index (χ2n) is 6.13. The van der Waals surface area contributed by atoms with Gasteiger partial charge in [-0.2, -0.15) is 4.98 Å². The molecule has 1 aromatic carbocycles. The van der Waals surface area contributed by atoms with E-state index >= 15 is 0 Å². The van der Waals surface area contributed by atoms with E-state index in [1.165, 1.54) is 0 Å². The number of aromatic nitrogens is 5. The number of nitrogens with zero attached hydrogens (tertiary/aromatic N) is 5. The third-order valence-corrected chi connectivity index (χ3v) is 4.47. The van der Waals surface area contributed by atoms with Crippen LogP contribution in [-0.4, -0.2) is 38.3 Å². The summed E-state index contributed by atoms with van der Waals surface area (Å²) in [5.74, 6) is 2.63. The van der Waals surface area contributed by atoms with Crippen molar-refractivity contribution < 1.29 is 9.47 Å². The fourth-order valence-electron chi connectivity index (χ4n) is 3.16. The van der Waals surface area contributed by atoms with E-state index in [9.17, 15) is 0 Å². The summed E-state index contributed by atoms with van der Waals surface area (Å²) in [5, 5.41) is 3.19. The highest BCUT2D eigenvalue weighted by Crippen LogP contribution is 2.40. The Morgan fingerprint density at radius 1 is 0.967 bits per heavy atom. The average molecular weight is 445 g/mol. The molecule has 5 rings (SSSR count). The standard InChI is InChI=1S/C20H16N6O2.2ClH/c1-21-19-17(14-3-2-6-22-10-14)18(24-20(25-19)26-8-7-23-11-26)13-4-5-15-16(9-13)28-12-27-15;;/h2-11H,12H2,1H3,(H,21,24,25);2*1H. The van der Waals surface area contributed by atoms with Crippen molar-refractivity contribution >= 4 is 30.6 Å². The number of pyridine rings is 1. The van der Waals surface area contributed by atoms with Crippen LogP contribution in [0.2, 0.25) is 0 Å². The quantitative estimate of drug-likeness (QED) is 0.508. The topological polar surface area (TPSA) is 87.0 Å². The maximum Gasteiger partial charge on any atom is 0.237 e. The van der Waals surface area contributed by atoms with E-state index in [2.05, 4.69) is 20.3 Å². The molecule has 0 radical (unpaired) electrons. The lowest BCUT2D eigenvalue weighted by Crippen LogP contribution is -2.07. The van der Waals surface area contributed by atoms with Crippen molar-refractivity contribution in [3.05, 3.63) is 61.4 Å². The minimum absolute atomic E-state index is 0. The zero-order valence-electron chi connectivity index (χ0n) is 15.8. The average Bonchev–Trinajstić information content (AvgIpc) is 3.45. The Kier molecular flexibility index (Phi) is 6.39. The molecule has 0 aliphatic carbocycles. The molecule has 8 nitrogen and oxygen atoms in total. The minimum Gasteiger partial charge on any atom is -0.454 e. The van der Waals surface area contributed by atoms with Crippen LogP contribution in [0.3, 0.4) is 0 Å². The van der Waals surface area contributed by atoms with E-state index in [-0.39, 0.29) is 31.6 Å². The summed E-state index contributed by atoms with van der Waals surface area (Å²) in [4.78, 5) is 17.9. The molecule has 1 aliphatic rings. The lowest BCUT2D eigenvalue weighted by molar-refractivity contribution is 0.174. The van der Waals surface area contributed by atoms with Gasteiger partial charge in [0.1, 0.15) is 12.1 Å². The number of hydrogen-bond acceptors (Lipinski definition) is 7. The second kappa shape index (κ2) is 8.98. The van der Waals surface area contributed by atoms with Crippen molar-refractivity contribution in [1.29, 1.82) is 0 Å². The number of benzene rings is 1. The highest BCUT2D eigenvalue weighted by atomic mass is 35.5. The van der Waals surface area contributed by atoms with Gasteiger partial charge in [0.05, 0.1) is 11.3 Å². The molecular weight excluding hydrogens is 427 g/mol. The third-order valence-electron chi connectivity index (χ3n) is 4.47. The van der Waals surface area contributed by atoms with Crippen LogP contribution in [0.25, 0.3) is 28.3 Å². The van der Waals surface area contributed by atoms with Gasteiger partial charge < -0.3 is 14.8 Å². The Morgan fingerprint density at radius 3 is 2.57 bits per heavy atom. The summed E-state index contributed by atoms with van der Waals surface area (Å²) < 4.78 is 12.8. The summed E-state index contributed by atoms with van der Waals surface area (Å²) in [6, 6.07) is 9.67. The maximum atomic E-state index is 5.56. The minimum atomic E-state index is 0. The molecule has 4 heterocycles. The van der Waals surface area contributed by atoms with Gasteiger partial charge in [0.2, 0.25) is 12.7 Å². The van der Waals surface area contributed by atoms with Gasteiger partial charge in [-0.15, -0.1) is 24.8 Å². The van der Waals surface area contributed by atoms with Crippen LogP contribution >= 0.6 is 24.8 Å². The van der Waals surface area contributed by atoms with E-state index in [0.29, 0.717) is 17.5 Å². The first-order valence-electron chi connectivity index (χ1n) is 8.72. The largest absolute Gasteiger partial charge is 0.454 e. The zero-order chi connectivity index (χ0) is 18.9. The van der Waals surface area contributed by atoms with Gasteiger partial charge >= 0.3 is 0 Å². The predicted molar refractivity (Wildman–Crippen MR) is 118 cm³/mol. The van der Waals surface area contributed by atoms with Crippen LogP contribution in [0.1, 0.15) is 0 Å². The Morgan fingerprint density at radius 2 is 1.83 bits per heavy atom. The molecule has 3 aromatic heterocycles. The highest BCUT2D eigenvalue weighted by molar-refractivity contribution is 5.89. The third kappa shape index (κ3) is 3.74. The van der Waals surface area contributed by atoms with Crippen LogP contribution in [0.4, 0.5) is 5.82 Å². The van der Waals surface area contributed by atoms with Crippen LogP contribution in [0.5, 0.6) is 11.5 Å². The van der Waals surface area contributed by atoms with Crippen molar-refractivity contribution in [1.82, 2.24) is 24.5 Å². The zero-order valence-corrected chi connectivity index (χ0v) is 17.5. The Balaban J connectivity index is 0.00000128. The molecule has 0 spiro atoms. The van der Waals surface area contributed by atoms with Gasteiger partial charge in [0.15, 0.2) is 11.5 Å². The van der Waals surface area contributed by atoms with Crippen molar-refractivity contribution in [2.24, 2.45) is 0 Å². The van der Waals surface area contributed by atoms with Crippen LogP contribution in [-0.2, 0) is 0 Å². The fraction of sp³-hybridized carbons (Fsp3) is 0.100. The van der Waals surface area contributed by atoms with Gasteiger partial charge in [0.25, 0.3) is 0 Å². The SMILES string of the molecule is CNc1nc(-n2ccnc2)nc(-c2ccc3c(c2)OCO3)c1-c1cccnc1.Cl.Cl. The normalized spacial score (nSPS) is 11.4. The monoisotopic (exact) mass is 444 g/mol. The van der Waals surface area contributed by atoms with Gasteiger partial charge in [-0.05, 0) is 24.3 Å². The second-order valence-corrected chi connectivity index (χ2v) is 6.13. The van der Waals surface area contributed by atoms with Gasteiger partial charge in [-0.25, -0.2) is 9.97 Å². The fourth-order valence-corrected chi connectivity index (χ4v) is 3.16. The summed E-state index contributed by atoms with van der Waals surface area (Å²) >= 11 is 0. The molecule has 0 amide bonds. The lowest BCUT2D eigenvalue weighted by Gasteiger charge is -2.16. The van der Waals surface area contributed by atoms with Crippen LogP contribution in [0.15, 0.2) is 61.4 Å². The van der Waals surface area contributed by atoms with E-state index in [1.807, 2.05) is 43.6 Å². The van der Waals surface area contributed by atoms with Gasteiger partial charge in [-0.1, -0.05) is 6.07 Å². The Bertz CT molecular complexity index is 1140. The Labute approximate surface area is 185 Å². The Hall–Kier alpha value is -3.36. The van der Waals surface area contributed by atoms with E-state index < -0.39 is 0 Å². The molecule has 10 heteroatoms. The highest BCUT2D eigenvalue weighted by Gasteiger charge is 2.21. The summed E-state index contributed by atoms with van der Waals surface area (Å²) in [6.45, 7) is 0.222. The molecule has 30 heavy (non-hydrogen) atoms. The molecule has 0 saturated heterocycles. The summed E-state index contributed by atoms with van der Waals surface area (Å²) in [7, 11) is 1.84. The molecule has 154 valence electrons. The number of imidazole rings is 1. The lowest BCUT2D eigenvalue weighted by atomic mass is 10.0. The van der Waals surface area contributed by atoms with Gasteiger partial charge in [0, 0.05) is 43.0 Å². The van der Waals surface area contributed by atoms with Crippen molar-refractivity contribution in [2.45, 2.75) is 0 Å². The molecule has 1 N–H and O–H groups in total. The first kappa shape index (κ1) is 21.4. The molecular formula is C20H18Cl2N6O2. The van der Waals surface area contributed by atoms with E-state index in [1.54, 1.807) is 29.5 Å². The predicted octanol–water partition coefficient (Wildman–Crippen LogP) is 4.01. The van der Waals surface area contributed by atoms with Gasteiger partial charge in [-0.3, -0.25) is 9.55 Å². The number of hydrogen-bond donors (Lipinski definition) is 1.